The number of aliphatic hydroxyl groups excluding tert-OH is 1. The van der Waals surface area contributed by atoms with E-state index in [1.165, 1.54) is 4.57 Å². The minimum atomic E-state index is -0.363. The molecule has 1 fully saturated rings. The highest BCUT2D eigenvalue weighted by molar-refractivity contribution is 5.26. The quantitative estimate of drug-likeness (QED) is 0.665. The van der Waals surface area contributed by atoms with E-state index in [1.54, 1.807) is 12.3 Å². The topological polar surface area (TPSA) is 81.1 Å². The molecule has 15 heavy (non-hydrogen) atoms. The van der Waals surface area contributed by atoms with Gasteiger partial charge in [-0.3, -0.25) is 4.57 Å². The molecule has 1 aromatic rings. The maximum absolute atomic E-state index is 11.5. The van der Waals surface area contributed by atoms with Crippen molar-refractivity contribution in [3.8, 4) is 0 Å². The number of hydrogen-bond acceptors (Lipinski definition) is 4. The summed E-state index contributed by atoms with van der Waals surface area (Å²) in [7, 11) is 0. The minimum absolute atomic E-state index is 0.0391. The standard InChI is InChI=1S/C10H13N3O2/c1-6-7(5-14)4-8(6)13-3-2-9(11)12-10(13)15/h2-3,7-8,14H,1,4-5H2,(H2,11,12,15)/t7-,8-/m0/s1. The first-order chi connectivity index (χ1) is 7.13. The summed E-state index contributed by atoms with van der Waals surface area (Å²) in [5.41, 5.74) is 5.91. The van der Waals surface area contributed by atoms with E-state index in [-0.39, 0.29) is 30.1 Å². The van der Waals surface area contributed by atoms with Gasteiger partial charge in [-0.05, 0) is 18.1 Å². The average molecular weight is 207 g/mol. The molecule has 0 saturated heterocycles. The molecule has 5 heteroatoms. The van der Waals surface area contributed by atoms with E-state index in [0.29, 0.717) is 0 Å². The van der Waals surface area contributed by atoms with Gasteiger partial charge in [0.05, 0.1) is 6.04 Å². The van der Waals surface area contributed by atoms with Gasteiger partial charge in [-0.1, -0.05) is 6.58 Å². The van der Waals surface area contributed by atoms with Crippen molar-refractivity contribution in [3.05, 3.63) is 34.9 Å². The lowest BCUT2D eigenvalue weighted by atomic mass is 9.76. The van der Waals surface area contributed by atoms with E-state index in [0.717, 1.165) is 12.0 Å². The summed E-state index contributed by atoms with van der Waals surface area (Å²) in [5.74, 6) is 0.333. The van der Waals surface area contributed by atoms with E-state index in [9.17, 15) is 4.79 Å². The van der Waals surface area contributed by atoms with E-state index in [4.69, 9.17) is 10.8 Å². The molecular weight excluding hydrogens is 194 g/mol. The molecule has 0 radical (unpaired) electrons. The smallest absolute Gasteiger partial charge is 0.350 e. The molecular formula is C10H13N3O2. The molecule has 0 spiro atoms. The van der Waals surface area contributed by atoms with Crippen LogP contribution < -0.4 is 11.4 Å². The molecule has 0 unspecified atom stereocenters. The molecule has 1 saturated carbocycles. The van der Waals surface area contributed by atoms with Gasteiger partial charge in [-0.15, -0.1) is 0 Å². The Morgan fingerprint density at radius 3 is 3.00 bits per heavy atom. The molecule has 2 rings (SSSR count). The Morgan fingerprint density at radius 1 is 1.73 bits per heavy atom. The first kappa shape index (κ1) is 9.92. The number of nitrogens with zero attached hydrogens (tertiary/aromatic N) is 2. The van der Waals surface area contributed by atoms with Crippen LogP contribution in [0.1, 0.15) is 12.5 Å². The molecule has 0 bridgehead atoms. The second kappa shape index (κ2) is 3.51. The first-order valence-corrected chi connectivity index (χ1v) is 4.77. The molecule has 2 atom stereocenters. The molecule has 80 valence electrons. The Hall–Kier alpha value is -1.62. The normalized spacial score (nSPS) is 25.0. The van der Waals surface area contributed by atoms with Crippen LogP contribution in [0.3, 0.4) is 0 Å². The Balaban J connectivity index is 2.26. The summed E-state index contributed by atoms with van der Waals surface area (Å²) in [4.78, 5) is 15.1. The zero-order chi connectivity index (χ0) is 11.0. The van der Waals surface area contributed by atoms with E-state index >= 15 is 0 Å². The van der Waals surface area contributed by atoms with Gasteiger partial charge in [-0.25, -0.2) is 4.79 Å². The van der Waals surface area contributed by atoms with Crippen LogP contribution in [0, 0.1) is 5.92 Å². The van der Waals surface area contributed by atoms with Crippen molar-refractivity contribution in [1.82, 2.24) is 9.55 Å². The Labute approximate surface area is 86.9 Å². The summed E-state index contributed by atoms with van der Waals surface area (Å²) in [6.07, 6.45) is 2.36. The van der Waals surface area contributed by atoms with Gasteiger partial charge >= 0.3 is 5.69 Å². The number of aliphatic hydroxyl groups is 1. The summed E-state index contributed by atoms with van der Waals surface area (Å²) in [5, 5.41) is 8.95. The van der Waals surface area contributed by atoms with Gasteiger partial charge < -0.3 is 10.8 Å². The maximum Gasteiger partial charge on any atom is 0.350 e. The summed E-state index contributed by atoms with van der Waals surface area (Å²) in [6.45, 7) is 3.95. The molecule has 1 aliphatic carbocycles. The molecule has 5 nitrogen and oxygen atoms in total. The molecule has 1 heterocycles. The maximum atomic E-state index is 11.5. The summed E-state index contributed by atoms with van der Waals surface area (Å²) >= 11 is 0. The molecule has 0 aromatic carbocycles. The van der Waals surface area contributed by atoms with Crippen molar-refractivity contribution < 1.29 is 5.11 Å². The van der Waals surface area contributed by atoms with Crippen LogP contribution in [0.25, 0.3) is 0 Å². The van der Waals surface area contributed by atoms with Gasteiger partial charge in [0.2, 0.25) is 0 Å². The highest BCUT2D eigenvalue weighted by Crippen LogP contribution is 2.40. The van der Waals surface area contributed by atoms with Crippen LogP contribution in [-0.2, 0) is 0 Å². The van der Waals surface area contributed by atoms with Crippen molar-refractivity contribution in [3.63, 3.8) is 0 Å². The van der Waals surface area contributed by atoms with Gasteiger partial charge in [0.1, 0.15) is 5.82 Å². The van der Waals surface area contributed by atoms with Crippen molar-refractivity contribution in [1.29, 1.82) is 0 Å². The highest BCUT2D eigenvalue weighted by Gasteiger charge is 2.34. The Morgan fingerprint density at radius 2 is 2.47 bits per heavy atom. The first-order valence-electron chi connectivity index (χ1n) is 4.77. The van der Waals surface area contributed by atoms with Crippen LogP contribution in [0.5, 0.6) is 0 Å². The Kier molecular flexibility index (Phi) is 2.32. The fraction of sp³-hybridized carbons (Fsp3) is 0.400. The fourth-order valence-corrected chi connectivity index (χ4v) is 1.83. The van der Waals surface area contributed by atoms with Gasteiger partial charge in [-0.2, -0.15) is 4.98 Å². The second-order valence-electron chi connectivity index (χ2n) is 3.75. The van der Waals surface area contributed by atoms with Crippen LogP contribution in [0.2, 0.25) is 0 Å². The van der Waals surface area contributed by atoms with E-state index in [1.807, 2.05) is 0 Å². The van der Waals surface area contributed by atoms with Crippen molar-refractivity contribution in [2.24, 2.45) is 5.92 Å². The average Bonchev–Trinajstić information content (AvgIpc) is 2.20. The van der Waals surface area contributed by atoms with Crippen LogP contribution in [0.15, 0.2) is 29.2 Å². The zero-order valence-electron chi connectivity index (χ0n) is 8.26. The number of hydrogen-bond donors (Lipinski definition) is 2. The summed E-state index contributed by atoms with van der Waals surface area (Å²) in [6, 6.07) is 1.55. The third kappa shape index (κ3) is 1.55. The fourth-order valence-electron chi connectivity index (χ4n) is 1.83. The van der Waals surface area contributed by atoms with Crippen LogP contribution in [0.4, 0.5) is 5.82 Å². The number of rotatable bonds is 2. The highest BCUT2D eigenvalue weighted by atomic mass is 16.3. The number of anilines is 1. The lowest BCUT2D eigenvalue weighted by Crippen LogP contribution is -2.38. The number of aromatic nitrogens is 2. The van der Waals surface area contributed by atoms with E-state index in [2.05, 4.69) is 11.6 Å². The second-order valence-corrected chi connectivity index (χ2v) is 3.75. The van der Waals surface area contributed by atoms with Gasteiger partial charge in [0.25, 0.3) is 0 Å². The van der Waals surface area contributed by atoms with Crippen molar-refractivity contribution in [2.75, 3.05) is 12.3 Å². The molecule has 1 aliphatic rings. The lowest BCUT2D eigenvalue weighted by Gasteiger charge is -2.38. The number of nitrogens with two attached hydrogens (primary N) is 1. The predicted molar refractivity (Wildman–Crippen MR) is 56.3 cm³/mol. The summed E-state index contributed by atoms with van der Waals surface area (Å²) < 4.78 is 1.50. The van der Waals surface area contributed by atoms with Crippen LogP contribution >= 0.6 is 0 Å². The monoisotopic (exact) mass is 207 g/mol. The molecule has 3 N–H and O–H groups in total. The van der Waals surface area contributed by atoms with Gasteiger partial charge in [0, 0.05) is 18.7 Å². The van der Waals surface area contributed by atoms with Crippen LogP contribution in [-0.4, -0.2) is 21.3 Å². The molecule has 1 aromatic heterocycles. The van der Waals surface area contributed by atoms with Crippen molar-refractivity contribution >= 4 is 5.82 Å². The predicted octanol–water partition coefficient (Wildman–Crippen LogP) is -0.0650. The third-order valence-corrected chi connectivity index (χ3v) is 2.87. The third-order valence-electron chi connectivity index (χ3n) is 2.87. The SMILES string of the molecule is C=C1[C@H](CO)C[C@@H]1n1ccc(N)nc1=O. The molecule has 0 aliphatic heterocycles. The Bertz CT molecular complexity index is 452. The van der Waals surface area contributed by atoms with E-state index < -0.39 is 0 Å². The number of nitrogen functional groups attached to an aromatic ring is 1. The molecule has 0 amide bonds. The zero-order valence-corrected chi connectivity index (χ0v) is 8.26. The van der Waals surface area contributed by atoms with Crippen molar-refractivity contribution in [2.45, 2.75) is 12.5 Å². The van der Waals surface area contributed by atoms with Gasteiger partial charge in [0.15, 0.2) is 0 Å². The lowest BCUT2D eigenvalue weighted by molar-refractivity contribution is 0.176. The minimum Gasteiger partial charge on any atom is -0.396 e. The largest absolute Gasteiger partial charge is 0.396 e.